The lowest BCUT2D eigenvalue weighted by atomic mass is 10.2. The number of benzene rings is 1. The third-order valence-electron chi connectivity index (χ3n) is 3.56. The van der Waals surface area contributed by atoms with Gasteiger partial charge in [0, 0.05) is 12.6 Å². The molecule has 1 amide bonds. The van der Waals surface area contributed by atoms with Crippen molar-refractivity contribution in [2.24, 2.45) is 7.05 Å². The SMILES string of the molecule is C[C@@H]1OCCO[C@@H]1C(=O)Nc1nc(-c2ccccc2Cl)nn1C. The van der Waals surface area contributed by atoms with Gasteiger partial charge in [-0.25, -0.2) is 4.68 Å². The fourth-order valence-corrected chi connectivity index (χ4v) is 2.57. The Morgan fingerprint density at radius 2 is 2.09 bits per heavy atom. The van der Waals surface area contributed by atoms with Gasteiger partial charge < -0.3 is 9.47 Å². The molecule has 0 aliphatic carbocycles. The van der Waals surface area contributed by atoms with E-state index in [0.717, 1.165) is 0 Å². The fourth-order valence-electron chi connectivity index (χ4n) is 2.35. The van der Waals surface area contributed by atoms with Crippen molar-refractivity contribution >= 4 is 23.5 Å². The van der Waals surface area contributed by atoms with Gasteiger partial charge in [0.25, 0.3) is 5.91 Å². The van der Waals surface area contributed by atoms with E-state index in [-0.39, 0.29) is 12.0 Å². The molecule has 1 aliphatic heterocycles. The molecule has 1 saturated heterocycles. The third-order valence-corrected chi connectivity index (χ3v) is 3.89. The molecule has 0 unspecified atom stereocenters. The Balaban J connectivity index is 1.79. The van der Waals surface area contributed by atoms with E-state index in [1.165, 1.54) is 4.68 Å². The van der Waals surface area contributed by atoms with Gasteiger partial charge in [0.05, 0.1) is 24.3 Å². The molecule has 8 heteroatoms. The average molecular weight is 337 g/mol. The predicted molar refractivity (Wildman–Crippen MR) is 85.2 cm³/mol. The van der Waals surface area contributed by atoms with Crippen LogP contribution in [0.4, 0.5) is 5.95 Å². The van der Waals surface area contributed by atoms with E-state index in [9.17, 15) is 4.79 Å². The van der Waals surface area contributed by atoms with Crippen molar-refractivity contribution in [2.45, 2.75) is 19.1 Å². The summed E-state index contributed by atoms with van der Waals surface area (Å²) in [7, 11) is 1.70. The van der Waals surface area contributed by atoms with E-state index in [1.54, 1.807) is 20.0 Å². The summed E-state index contributed by atoms with van der Waals surface area (Å²) in [6.45, 7) is 2.69. The molecule has 2 atom stereocenters. The zero-order chi connectivity index (χ0) is 16.4. The van der Waals surface area contributed by atoms with Gasteiger partial charge in [0.15, 0.2) is 11.9 Å². The van der Waals surface area contributed by atoms with Crippen LogP contribution in [-0.2, 0) is 21.3 Å². The van der Waals surface area contributed by atoms with Gasteiger partial charge in [-0.2, -0.15) is 4.98 Å². The lowest BCUT2D eigenvalue weighted by molar-refractivity contribution is -0.157. The number of hydrogen-bond donors (Lipinski definition) is 1. The largest absolute Gasteiger partial charge is 0.373 e. The van der Waals surface area contributed by atoms with E-state index < -0.39 is 6.10 Å². The van der Waals surface area contributed by atoms with Crippen LogP contribution in [-0.4, -0.2) is 46.1 Å². The van der Waals surface area contributed by atoms with Crippen molar-refractivity contribution in [1.82, 2.24) is 14.8 Å². The first kappa shape index (κ1) is 15.9. The molecule has 1 aromatic heterocycles. The van der Waals surface area contributed by atoms with Crippen LogP contribution in [0.25, 0.3) is 11.4 Å². The zero-order valence-electron chi connectivity index (χ0n) is 12.8. The minimum absolute atomic E-state index is 0.306. The number of carbonyl (C=O) groups is 1. The quantitative estimate of drug-likeness (QED) is 0.925. The first-order valence-electron chi connectivity index (χ1n) is 7.26. The summed E-state index contributed by atoms with van der Waals surface area (Å²) in [6.07, 6.45) is -0.968. The maximum Gasteiger partial charge on any atom is 0.258 e. The molecule has 122 valence electrons. The Morgan fingerprint density at radius 3 is 2.83 bits per heavy atom. The highest BCUT2D eigenvalue weighted by molar-refractivity contribution is 6.33. The number of carbonyl (C=O) groups excluding carboxylic acids is 1. The smallest absolute Gasteiger partial charge is 0.258 e. The van der Waals surface area contributed by atoms with Crippen LogP contribution in [0.15, 0.2) is 24.3 Å². The van der Waals surface area contributed by atoms with Gasteiger partial charge in [-0.1, -0.05) is 23.7 Å². The Kier molecular flexibility index (Phi) is 4.61. The molecule has 3 rings (SSSR count). The zero-order valence-corrected chi connectivity index (χ0v) is 13.6. The summed E-state index contributed by atoms with van der Waals surface area (Å²) in [4.78, 5) is 16.7. The molecule has 1 aromatic carbocycles. The van der Waals surface area contributed by atoms with Crippen LogP contribution < -0.4 is 5.32 Å². The number of aryl methyl sites for hydroxylation is 1. The summed E-state index contributed by atoms with van der Waals surface area (Å²) in [5.41, 5.74) is 0.705. The number of nitrogens with one attached hydrogen (secondary N) is 1. The molecule has 0 radical (unpaired) electrons. The number of anilines is 1. The third kappa shape index (κ3) is 3.36. The number of nitrogens with zero attached hydrogens (tertiary/aromatic N) is 3. The van der Waals surface area contributed by atoms with E-state index in [0.29, 0.717) is 35.6 Å². The van der Waals surface area contributed by atoms with Gasteiger partial charge in [0.1, 0.15) is 0 Å². The number of aromatic nitrogens is 3. The number of hydrogen-bond acceptors (Lipinski definition) is 5. The molecular formula is C15H17ClN4O3. The van der Waals surface area contributed by atoms with Gasteiger partial charge in [-0.05, 0) is 19.1 Å². The van der Waals surface area contributed by atoms with E-state index >= 15 is 0 Å². The van der Waals surface area contributed by atoms with E-state index in [1.807, 2.05) is 18.2 Å². The fraction of sp³-hybridized carbons (Fsp3) is 0.400. The van der Waals surface area contributed by atoms with Gasteiger partial charge >= 0.3 is 0 Å². The first-order chi connectivity index (χ1) is 11.1. The van der Waals surface area contributed by atoms with Crippen LogP contribution in [0.1, 0.15) is 6.92 Å². The average Bonchev–Trinajstić information content (AvgIpc) is 2.89. The number of halogens is 1. The van der Waals surface area contributed by atoms with Crippen LogP contribution in [0.3, 0.4) is 0 Å². The van der Waals surface area contributed by atoms with Crippen LogP contribution in [0.5, 0.6) is 0 Å². The van der Waals surface area contributed by atoms with Crippen molar-refractivity contribution < 1.29 is 14.3 Å². The van der Waals surface area contributed by atoms with E-state index in [4.69, 9.17) is 21.1 Å². The van der Waals surface area contributed by atoms with Crippen molar-refractivity contribution in [3.63, 3.8) is 0 Å². The molecule has 0 spiro atoms. The van der Waals surface area contributed by atoms with Gasteiger partial charge in [-0.15, -0.1) is 5.10 Å². The standard InChI is InChI=1S/C15H17ClN4O3/c1-9-12(23-8-7-22-9)14(21)18-15-17-13(19-20(15)2)10-5-3-4-6-11(10)16/h3-6,9,12H,7-8H2,1-2H3,(H,17,18,19,21)/t9-,12-/m0/s1. The molecule has 7 nitrogen and oxygen atoms in total. The molecule has 1 aliphatic rings. The maximum atomic E-state index is 12.3. The minimum Gasteiger partial charge on any atom is -0.373 e. The summed E-state index contributed by atoms with van der Waals surface area (Å²) in [5, 5.41) is 7.57. The number of rotatable bonds is 3. The number of ether oxygens (including phenoxy) is 2. The Labute approximate surface area is 138 Å². The highest BCUT2D eigenvalue weighted by Gasteiger charge is 2.30. The van der Waals surface area contributed by atoms with E-state index in [2.05, 4.69) is 15.4 Å². The monoisotopic (exact) mass is 336 g/mol. The van der Waals surface area contributed by atoms with Crippen molar-refractivity contribution in [3.8, 4) is 11.4 Å². The summed E-state index contributed by atoms with van der Waals surface area (Å²) >= 11 is 6.15. The second-order valence-corrected chi connectivity index (χ2v) is 5.63. The predicted octanol–water partition coefficient (Wildman–Crippen LogP) is 1.88. The summed E-state index contributed by atoms with van der Waals surface area (Å²) < 4.78 is 12.4. The molecule has 23 heavy (non-hydrogen) atoms. The molecule has 0 saturated carbocycles. The second-order valence-electron chi connectivity index (χ2n) is 5.22. The highest BCUT2D eigenvalue weighted by Crippen LogP contribution is 2.25. The normalized spacial score (nSPS) is 21.2. The Morgan fingerprint density at radius 1 is 1.35 bits per heavy atom. The first-order valence-corrected chi connectivity index (χ1v) is 7.64. The van der Waals surface area contributed by atoms with Gasteiger partial charge in [-0.3, -0.25) is 10.1 Å². The lowest BCUT2D eigenvalue weighted by Crippen LogP contribution is -2.45. The molecule has 0 bridgehead atoms. The lowest BCUT2D eigenvalue weighted by Gasteiger charge is -2.28. The van der Waals surface area contributed by atoms with Gasteiger partial charge in [0.2, 0.25) is 5.95 Å². The molecule has 2 aromatic rings. The Bertz CT molecular complexity index is 718. The number of amides is 1. The highest BCUT2D eigenvalue weighted by atomic mass is 35.5. The molecular weight excluding hydrogens is 320 g/mol. The molecule has 1 N–H and O–H groups in total. The maximum absolute atomic E-state index is 12.3. The topological polar surface area (TPSA) is 78.3 Å². The van der Waals surface area contributed by atoms with Crippen molar-refractivity contribution in [2.75, 3.05) is 18.5 Å². The van der Waals surface area contributed by atoms with Crippen LogP contribution in [0.2, 0.25) is 5.02 Å². The minimum atomic E-state index is -0.663. The van der Waals surface area contributed by atoms with Crippen LogP contribution >= 0.6 is 11.6 Å². The molecule has 1 fully saturated rings. The van der Waals surface area contributed by atoms with Crippen molar-refractivity contribution in [3.05, 3.63) is 29.3 Å². The second kappa shape index (κ2) is 6.66. The summed E-state index contributed by atoms with van der Waals surface area (Å²) in [5.74, 6) is 0.465. The molecule has 2 heterocycles. The van der Waals surface area contributed by atoms with Crippen LogP contribution in [0, 0.1) is 0 Å². The Hall–Kier alpha value is -1.96. The summed E-state index contributed by atoms with van der Waals surface area (Å²) in [6, 6.07) is 7.27. The van der Waals surface area contributed by atoms with Crippen molar-refractivity contribution in [1.29, 1.82) is 0 Å².